The molecule has 4 N–H and O–H groups in total. The lowest BCUT2D eigenvalue weighted by atomic mass is 10.2. The molecule has 0 aliphatic heterocycles. The molecule has 2 aromatic rings. The summed E-state index contributed by atoms with van der Waals surface area (Å²) in [5, 5.41) is 3.54. The molecule has 3 amide bonds. The van der Waals surface area contributed by atoms with Gasteiger partial charge in [0.25, 0.3) is 5.91 Å². The van der Waals surface area contributed by atoms with E-state index in [1.54, 1.807) is 6.20 Å². The Morgan fingerprint density at radius 1 is 1.16 bits per heavy atom. The third kappa shape index (κ3) is 2.52. The van der Waals surface area contributed by atoms with Gasteiger partial charge in [-0.25, -0.2) is 10.2 Å². The van der Waals surface area contributed by atoms with Crippen LogP contribution in [0.3, 0.4) is 0 Å². The van der Waals surface area contributed by atoms with Crippen LogP contribution < -0.4 is 16.2 Å². The topological polar surface area (TPSA) is 86.0 Å². The molecule has 1 fully saturated rings. The van der Waals surface area contributed by atoms with Crippen molar-refractivity contribution >= 4 is 22.8 Å². The van der Waals surface area contributed by atoms with Crippen LogP contribution in [-0.2, 0) is 0 Å². The molecule has 1 heterocycles. The molecule has 1 aliphatic carbocycles. The Morgan fingerprint density at radius 2 is 1.95 bits per heavy atom. The predicted octanol–water partition coefficient (Wildman–Crippen LogP) is 1.27. The van der Waals surface area contributed by atoms with Gasteiger partial charge in [-0.2, -0.15) is 0 Å². The molecule has 0 radical (unpaired) electrons. The zero-order chi connectivity index (χ0) is 13.2. The molecule has 0 unspecified atom stereocenters. The van der Waals surface area contributed by atoms with Crippen LogP contribution in [0.1, 0.15) is 23.2 Å². The summed E-state index contributed by atoms with van der Waals surface area (Å²) in [5.41, 5.74) is 6.12. The van der Waals surface area contributed by atoms with E-state index in [1.807, 2.05) is 24.3 Å². The molecule has 1 aliphatic rings. The molecule has 1 saturated carbocycles. The summed E-state index contributed by atoms with van der Waals surface area (Å²) in [6, 6.07) is 7.37. The van der Waals surface area contributed by atoms with Crippen molar-refractivity contribution in [1.82, 2.24) is 21.2 Å². The molecule has 1 aromatic carbocycles. The van der Waals surface area contributed by atoms with E-state index >= 15 is 0 Å². The summed E-state index contributed by atoms with van der Waals surface area (Å²) in [6.07, 6.45) is 3.63. The van der Waals surface area contributed by atoms with Crippen molar-refractivity contribution in [3.63, 3.8) is 0 Å². The first-order valence-corrected chi connectivity index (χ1v) is 6.17. The van der Waals surface area contributed by atoms with E-state index in [0.29, 0.717) is 5.56 Å². The summed E-state index contributed by atoms with van der Waals surface area (Å²) in [6.45, 7) is 0. The van der Waals surface area contributed by atoms with Crippen molar-refractivity contribution in [2.75, 3.05) is 0 Å². The maximum Gasteiger partial charge on any atom is 0.333 e. The van der Waals surface area contributed by atoms with E-state index in [1.165, 1.54) is 0 Å². The van der Waals surface area contributed by atoms with Crippen molar-refractivity contribution in [1.29, 1.82) is 0 Å². The summed E-state index contributed by atoms with van der Waals surface area (Å²) in [7, 11) is 0. The Kier molecular flexibility index (Phi) is 2.83. The highest BCUT2D eigenvalue weighted by Crippen LogP contribution is 2.18. The largest absolute Gasteiger partial charge is 0.360 e. The van der Waals surface area contributed by atoms with Crippen molar-refractivity contribution in [3.8, 4) is 0 Å². The van der Waals surface area contributed by atoms with Crippen LogP contribution in [-0.4, -0.2) is 23.0 Å². The van der Waals surface area contributed by atoms with E-state index in [-0.39, 0.29) is 18.0 Å². The maximum absolute atomic E-state index is 12.0. The average molecular weight is 258 g/mol. The molecule has 19 heavy (non-hydrogen) atoms. The Hall–Kier alpha value is -2.50. The van der Waals surface area contributed by atoms with Crippen molar-refractivity contribution in [3.05, 3.63) is 36.0 Å². The number of H-pyrrole nitrogens is 1. The number of aromatic amines is 1. The van der Waals surface area contributed by atoms with Gasteiger partial charge in [0.2, 0.25) is 0 Å². The molecule has 0 atom stereocenters. The number of nitrogens with one attached hydrogen (secondary N) is 4. The van der Waals surface area contributed by atoms with E-state index < -0.39 is 0 Å². The number of hydrazine groups is 1. The highest BCUT2D eigenvalue weighted by atomic mass is 16.2. The third-order valence-corrected chi connectivity index (χ3v) is 3.04. The van der Waals surface area contributed by atoms with Crippen molar-refractivity contribution in [2.45, 2.75) is 18.9 Å². The average Bonchev–Trinajstić information content (AvgIpc) is 3.12. The Labute approximate surface area is 109 Å². The van der Waals surface area contributed by atoms with Gasteiger partial charge in [-0.05, 0) is 18.9 Å². The van der Waals surface area contributed by atoms with Gasteiger partial charge in [-0.15, -0.1) is 0 Å². The van der Waals surface area contributed by atoms with Crippen molar-refractivity contribution < 1.29 is 9.59 Å². The van der Waals surface area contributed by atoms with Crippen LogP contribution in [0, 0.1) is 0 Å². The molecule has 0 saturated heterocycles. The van der Waals surface area contributed by atoms with E-state index in [0.717, 1.165) is 23.7 Å². The number of para-hydroxylation sites is 1. The molecule has 3 rings (SSSR count). The molecular formula is C13H14N4O2. The zero-order valence-corrected chi connectivity index (χ0v) is 10.2. The van der Waals surface area contributed by atoms with E-state index in [2.05, 4.69) is 21.2 Å². The summed E-state index contributed by atoms with van der Waals surface area (Å²) >= 11 is 0. The lowest BCUT2D eigenvalue weighted by Crippen LogP contribution is -2.47. The minimum Gasteiger partial charge on any atom is -0.360 e. The maximum atomic E-state index is 12.0. The van der Waals surface area contributed by atoms with Gasteiger partial charge in [0.05, 0.1) is 5.56 Å². The van der Waals surface area contributed by atoms with Crippen molar-refractivity contribution in [2.24, 2.45) is 0 Å². The molecular weight excluding hydrogens is 244 g/mol. The van der Waals surface area contributed by atoms with Gasteiger partial charge in [-0.3, -0.25) is 10.2 Å². The second kappa shape index (κ2) is 4.64. The van der Waals surface area contributed by atoms with Gasteiger partial charge in [-0.1, -0.05) is 18.2 Å². The third-order valence-electron chi connectivity index (χ3n) is 3.04. The standard InChI is InChI=1S/C13H14N4O2/c18-12(16-17-13(19)15-8-5-6-8)10-7-14-11-4-2-1-3-9(10)11/h1-4,7-8,14H,5-6H2,(H,16,18)(H2,15,17,19). The monoisotopic (exact) mass is 258 g/mol. The quantitative estimate of drug-likeness (QED) is 0.611. The summed E-state index contributed by atoms with van der Waals surface area (Å²) < 4.78 is 0. The number of rotatable bonds is 2. The minimum absolute atomic E-state index is 0.255. The molecule has 0 bridgehead atoms. The fourth-order valence-electron chi connectivity index (χ4n) is 1.89. The van der Waals surface area contributed by atoms with Crippen LogP contribution in [0.2, 0.25) is 0 Å². The first kappa shape index (κ1) is 11.6. The normalized spacial score (nSPS) is 14.1. The highest BCUT2D eigenvalue weighted by molar-refractivity contribution is 6.07. The number of urea groups is 1. The fraction of sp³-hybridized carbons (Fsp3) is 0.231. The smallest absolute Gasteiger partial charge is 0.333 e. The molecule has 1 aromatic heterocycles. The lowest BCUT2D eigenvalue weighted by Gasteiger charge is -2.07. The van der Waals surface area contributed by atoms with Crippen LogP contribution in [0.25, 0.3) is 10.9 Å². The van der Waals surface area contributed by atoms with E-state index in [9.17, 15) is 9.59 Å². The molecule has 6 nitrogen and oxygen atoms in total. The Bertz CT molecular complexity index is 630. The van der Waals surface area contributed by atoms with Gasteiger partial charge in [0, 0.05) is 23.1 Å². The number of hydrogen-bond acceptors (Lipinski definition) is 2. The fourth-order valence-corrected chi connectivity index (χ4v) is 1.89. The number of fused-ring (bicyclic) bond motifs is 1. The molecule has 0 spiro atoms. The lowest BCUT2D eigenvalue weighted by molar-refractivity contribution is 0.0938. The van der Waals surface area contributed by atoms with Crippen LogP contribution >= 0.6 is 0 Å². The molecule has 98 valence electrons. The van der Waals surface area contributed by atoms with Gasteiger partial charge >= 0.3 is 6.03 Å². The summed E-state index contributed by atoms with van der Waals surface area (Å²) in [4.78, 5) is 26.3. The number of aromatic nitrogens is 1. The number of hydrogen-bond donors (Lipinski definition) is 4. The predicted molar refractivity (Wildman–Crippen MR) is 70.5 cm³/mol. The minimum atomic E-state index is -0.379. The van der Waals surface area contributed by atoms with Gasteiger partial charge in [0.15, 0.2) is 0 Å². The first-order chi connectivity index (χ1) is 9.24. The second-order valence-corrected chi connectivity index (χ2v) is 4.57. The SMILES string of the molecule is O=C(NNC(=O)c1c[nH]c2ccccc12)NC1CC1. The second-order valence-electron chi connectivity index (χ2n) is 4.57. The van der Waals surface area contributed by atoms with Crippen LogP contribution in [0.5, 0.6) is 0 Å². The number of benzene rings is 1. The van der Waals surface area contributed by atoms with Gasteiger partial charge in [0.1, 0.15) is 0 Å². The highest BCUT2D eigenvalue weighted by Gasteiger charge is 2.23. The number of amides is 3. The molecule has 6 heteroatoms. The van der Waals surface area contributed by atoms with Crippen LogP contribution in [0.4, 0.5) is 4.79 Å². The summed E-state index contributed by atoms with van der Waals surface area (Å²) in [5.74, 6) is -0.344. The number of carbonyl (C=O) groups excluding carboxylic acids is 2. The zero-order valence-electron chi connectivity index (χ0n) is 10.2. The van der Waals surface area contributed by atoms with E-state index in [4.69, 9.17) is 0 Å². The Morgan fingerprint density at radius 3 is 2.74 bits per heavy atom. The van der Waals surface area contributed by atoms with Gasteiger partial charge < -0.3 is 10.3 Å². The Balaban J connectivity index is 1.64. The number of carbonyl (C=O) groups is 2. The van der Waals surface area contributed by atoms with Crippen LogP contribution in [0.15, 0.2) is 30.5 Å². The first-order valence-electron chi connectivity index (χ1n) is 6.17.